The van der Waals surface area contributed by atoms with Gasteiger partial charge in [0, 0.05) is 5.69 Å². The summed E-state index contributed by atoms with van der Waals surface area (Å²) < 4.78 is 10.8. The molecule has 2 aromatic carbocycles. The number of carbonyl (C=O) groups is 1. The van der Waals surface area contributed by atoms with Crippen molar-refractivity contribution >= 4 is 23.2 Å². The van der Waals surface area contributed by atoms with Crippen LogP contribution in [0.3, 0.4) is 0 Å². The van der Waals surface area contributed by atoms with Crippen LogP contribution in [0.4, 0.5) is 5.69 Å². The second-order valence-electron chi connectivity index (χ2n) is 5.37. The summed E-state index contributed by atoms with van der Waals surface area (Å²) in [7, 11) is 1.54. The van der Waals surface area contributed by atoms with Gasteiger partial charge in [0.1, 0.15) is 11.5 Å². The summed E-state index contributed by atoms with van der Waals surface area (Å²) in [6.07, 6.45) is -0.628. The minimum Gasteiger partial charge on any atom is -0.495 e. The molecule has 1 N–H and O–H groups in total. The molecule has 0 unspecified atom stereocenters. The Bertz CT molecular complexity index is 715. The summed E-state index contributed by atoms with van der Waals surface area (Å²) in [4.78, 5) is 12.3. The third kappa shape index (κ3) is 4.39. The van der Waals surface area contributed by atoms with E-state index in [4.69, 9.17) is 21.1 Å². The average molecular weight is 334 g/mol. The number of methoxy groups -OCH3 is 1. The van der Waals surface area contributed by atoms with Gasteiger partial charge in [-0.2, -0.15) is 0 Å². The van der Waals surface area contributed by atoms with Gasteiger partial charge in [0.15, 0.2) is 6.10 Å². The Morgan fingerprint density at radius 2 is 1.83 bits per heavy atom. The molecule has 0 fully saturated rings. The van der Waals surface area contributed by atoms with E-state index in [0.717, 1.165) is 11.1 Å². The van der Waals surface area contributed by atoms with Crippen molar-refractivity contribution in [3.8, 4) is 11.5 Å². The van der Waals surface area contributed by atoms with Crippen LogP contribution in [0.15, 0.2) is 36.4 Å². The third-order valence-electron chi connectivity index (χ3n) is 3.42. The van der Waals surface area contributed by atoms with Crippen molar-refractivity contribution < 1.29 is 14.3 Å². The Morgan fingerprint density at radius 1 is 1.13 bits per heavy atom. The SMILES string of the molecule is COc1ccc(NC(=O)[C@H](C)Oc2ccc(C)cc2C)cc1Cl. The zero-order valence-corrected chi connectivity index (χ0v) is 14.4. The second-order valence-corrected chi connectivity index (χ2v) is 5.77. The van der Waals surface area contributed by atoms with Crippen molar-refractivity contribution in [3.05, 3.63) is 52.5 Å². The van der Waals surface area contributed by atoms with Gasteiger partial charge in [0.2, 0.25) is 0 Å². The minimum absolute atomic E-state index is 0.244. The zero-order valence-electron chi connectivity index (χ0n) is 13.6. The van der Waals surface area contributed by atoms with Crippen LogP contribution in [0, 0.1) is 13.8 Å². The van der Waals surface area contributed by atoms with E-state index in [1.165, 1.54) is 0 Å². The molecule has 0 aliphatic carbocycles. The standard InChI is InChI=1S/C18H20ClNO3/c1-11-5-7-16(12(2)9-11)23-13(3)18(21)20-14-6-8-17(22-4)15(19)10-14/h5-10,13H,1-4H3,(H,20,21)/t13-/m0/s1. The maximum atomic E-state index is 12.3. The van der Waals surface area contributed by atoms with Crippen LogP contribution in [0.5, 0.6) is 11.5 Å². The topological polar surface area (TPSA) is 47.6 Å². The number of aryl methyl sites for hydroxylation is 2. The number of ether oxygens (including phenoxy) is 2. The van der Waals surface area contributed by atoms with Crippen molar-refractivity contribution in [2.24, 2.45) is 0 Å². The molecule has 2 rings (SSSR count). The van der Waals surface area contributed by atoms with Crippen molar-refractivity contribution in [1.82, 2.24) is 0 Å². The van der Waals surface area contributed by atoms with Gasteiger partial charge in [-0.25, -0.2) is 0 Å². The van der Waals surface area contributed by atoms with Crippen LogP contribution in [0.2, 0.25) is 5.02 Å². The molecule has 5 heteroatoms. The molecule has 23 heavy (non-hydrogen) atoms. The van der Waals surface area contributed by atoms with Crippen LogP contribution >= 0.6 is 11.6 Å². The highest BCUT2D eigenvalue weighted by molar-refractivity contribution is 6.32. The summed E-state index contributed by atoms with van der Waals surface area (Å²) in [6.45, 7) is 5.68. The van der Waals surface area contributed by atoms with Gasteiger partial charge in [-0.05, 0) is 50.6 Å². The predicted molar refractivity (Wildman–Crippen MR) is 92.6 cm³/mol. The molecule has 0 aromatic heterocycles. The molecular formula is C18H20ClNO3. The van der Waals surface area contributed by atoms with E-state index in [1.807, 2.05) is 32.0 Å². The summed E-state index contributed by atoms with van der Waals surface area (Å²) in [5.41, 5.74) is 2.74. The lowest BCUT2D eigenvalue weighted by Crippen LogP contribution is -2.30. The van der Waals surface area contributed by atoms with Crippen molar-refractivity contribution in [2.75, 3.05) is 12.4 Å². The number of nitrogens with one attached hydrogen (secondary N) is 1. The first-order chi connectivity index (χ1) is 10.9. The molecule has 2 aromatic rings. The normalized spacial score (nSPS) is 11.7. The highest BCUT2D eigenvalue weighted by atomic mass is 35.5. The molecule has 0 aliphatic rings. The number of hydrogen-bond donors (Lipinski definition) is 1. The highest BCUT2D eigenvalue weighted by Crippen LogP contribution is 2.27. The predicted octanol–water partition coefficient (Wildman–Crippen LogP) is 4.37. The molecule has 0 spiro atoms. The van der Waals surface area contributed by atoms with E-state index in [9.17, 15) is 4.79 Å². The van der Waals surface area contributed by atoms with Crippen LogP contribution in [-0.4, -0.2) is 19.1 Å². The average Bonchev–Trinajstić information content (AvgIpc) is 2.50. The lowest BCUT2D eigenvalue weighted by atomic mass is 10.1. The van der Waals surface area contributed by atoms with E-state index < -0.39 is 6.10 Å². The van der Waals surface area contributed by atoms with Gasteiger partial charge in [-0.1, -0.05) is 29.3 Å². The van der Waals surface area contributed by atoms with Gasteiger partial charge >= 0.3 is 0 Å². The Balaban J connectivity index is 2.03. The number of benzene rings is 2. The van der Waals surface area contributed by atoms with Gasteiger partial charge in [-0.3, -0.25) is 4.79 Å². The van der Waals surface area contributed by atoms with Gasteiger partial charge in [0.25, 0.3) is 5.91 Å². The Labute approximate surface area is 141 Å². The van der Waals surface area contributed by atoms with Gasteiger partial charge in [0.05, 0.1) is 12.1 Å². The van der Waals surface area contributed by atoms with Crippen LogP contribution < -0.4 is 14.8 Å². The summed E-state index contributed by atoms with van der Waals surface area (Å²) >= 11 is 6.05. The van der Waals surface area contributed by atoms with Crippen molar-refractivity contribution in [1.29, 1.82) is 0 Å². The smallest absolute Gasteiger partial charge is 0.265 e. The van der Waals surface area contributed by atoms with Gasteiger partial charge in [-0.15, -0.1) is 0 Å². The summed E-state index contributed by atoms with van der Waals surface area (Å²) in [5, 5.41) is 3.22. The largest absolute Gasteiger partial charge is 0.495 e. The second kappa shape index (κ2) is 7.38. The zero-order chi connectivity index (χ0) is 17.0. The Morgan fingerprint density at radius 3 is 2.43 bits per heavy atom. The fraction of sp³-hybridized carbons (Fsp3) is 0.278. The number of halogens is 1. The lowest BCUT2D eigenvalue weighted by molar-refractivity contribution is -0.122. The number of rotatable bonds is 5. The van der Waals surface area contributed by atoms with E-state index in [0.29, 0.717) is 22.2 Å². The number of anilines is 1. The van der Waals surface area contributed by atoms with E-state index in [2.05, 4.69) is 5.32 Å². The van der Waals surface area contributed by atoms with E-state index >= 15 is 0 Å². The van der Waals surface area contributed by atoms with Gasteiger partial charge < -0.3 is 14.8 Å². The number of hydrogen-bond acceptors (Lipinski definition) is 3. The summed E-state index contributed by atoms with van der Waals surface area (Å²) in [5.74, 6) is 1.02. The molecule has 0 heterocycles. The molecule has 1 amide bonds. The Kier molecular flexibility index (Phi) is 5.50. The molecule has 1 atom stereocenters. The van der Waals surface area contributed by atoms with Crippen molar-refractivity contribution in [2.45, 2.75) is 26.9 Å². The molecule has 0 saturated heterocycles. The fourth-order valence-electron chi connectivity index (χ4n) is 2.16. The summed E-state index contributed by atoms with van der Waals surface area (Å²) in [6, 6.07) is 10.9. The quantitative estimate of drug-likeness (QED) is 0.883. The minimum atomic E-state index is -0.628. The highest BCUT2D eigenvalue weighted by Gasteiger charge is 2.16. The van der Waals surface area contributed by atoms with Crippen LogP contribution in [-0.2, 0) is 4.79 Å². The first-order valence-electron chi connectivity index (χ1n) is 7.29. The molecule has 122 valence electrons. The van der Waals surface area contributed by atoms with Crippen LogP contribution in [0.25, 0.3) is 0 Å². The third-order valence-corrected chi connectivity index (χ3v) is 3.72. The van der Waals surface area contributed by atoms with Crippen molar-refractivity contribution in [3.63, 3.8) is 0 Å². The monoisotopic (exact) mass is 333 g/mol. The molecule has 0 aliphatic heterocycles. The number of amides is 1. The first-order valence-corrected chi connectivity index (χ1v) is 7.67. The lowest BCUT2D eigenvalue weighted by Gasteiger charge is -2.17. The molecule has 0 radical (unpaired) electrons. The molecule has 0 bridgehead atoms. The molecule has 4 nitrogen and oxygen atoms in total. The maximum Gasteiger partial charge on any atom is 0.265 e. The number of carbonyl (C=O) groups excluding carboxylic acids is 1. The molecule has 0 saturated carbocycles. The van der Waals surface area contributed by atoms with E-state index in [-0.39, 0.29) is 5.91 Å². The van der Waals surface area contributed by atoms with Crippen LogP contribution in [0.1, 0.15) is 18.1 Å². The fourth-order valence-corrected chi connectivity index (χ4v) is 2.42. The van der Waals surface area contributed by atoms with E-state index in [1.54, 1.807) is 32.2 Å². The molecular weight excluding hydrogens is 314 g/mol. The maximum absolute atomic E-state index is 12.3. The first kappa shape index (κ1) is 17.2. The Hall–Kier alpha value is -2.20.